The smallest absolute Gasteiger partial charge is 0.244 e. The summed E-state index contributed by atoms with van der Waals surface area (Å²) in [5.74, 6) is 0.132. The molecule has 0 radical (unpaired) electrons. The summed E-state index contributed by atoms with van der Waals surface area (Å²) in [7, 11) is -3.66. The van der Waals surface area contributed by atoms with Crippen LogP contribution in [0.15, 0.2) is 23.1 Å². The number of aliphatic hydroxyl groups excluding tert-OH is 1. The average molecular weight is 329 g/mol. The van der Waals surface area contributed by atoms with Gasteiger partial charge >= 0.3 is 0 Å². The summed E-state index contributed by atoms with van der Waals surface area (Å²) in [6.45, 7) is 2.47. The minimum absolute atomic E-state index is 0.0265. The lowest BCUT2D eigenvalue weighted by Gasteiger charge is -2.32. The lowest BCUT2D eigenvalue weighted by atomic mass is 9.93. The van der Waals surface area contributed by atoms with Crippen molar-refractivity contribution in [3.8, 4) is 6.07 Å². The number of sulfonamides is 1. The number of nitriles is 1. The van der Waals surface area contributed by atoms with Crippen LogP contribution in [0.4, 0.5) is 0 Å². The van der Waals surface area contributed by atoms with E-state index in [2.05, 4.69) is 0 Å². The molecule has 1 heterocycles. The minimum atomic E-state index is -3.66. The maximum atomic E-state index is 12.6. The number of piperidine rings is 1. The second-order valence-corrected chi connectivity index (χ2v) is 7.55. The molecule has 1 aromatic rings. The van der Waals surface area contributed by atoms with Crippen molar-refractivity contribution in [2.75, 3.05) is 13.1 Å². The van der Waals surface area contributed by atoms with E-state index in [9.17, 15) is 13.5 Å². The summed E-state index contributed by atoms with van der Waals surface area (Å²) in [5.41, 5.74) is 0.326. The molecular weight excluding hydrogens is 312 g/mol. The molecule has 0 spiro atoms. The van der Waals surface area contributed by atoms with Gasteiger partial charge in [-0.3, -0.25) is 0 Å². The van der Waals surface area contributed by atoms with Crippen LogP contribution in [0.25, 0.3) is 0 Å². The third-order valence-electron chi connectivity index (χ3n) is 3.86. The van der Waals surface area contributed by atoms with Gasteiger partial charge in [-0.2, -0.15) is 9.57 Å². The van der Waals surface area contributed by atoms with Gasteiger partial charge in [-0.1, -0.05) is 11.6 Å². The molecule has 0 aromatic heterocycles. The summed E-state index contributed by atoms with van der Waals surface area (Å²) >= 11 is 5.99. The van der Waals surface area contributed by atoms with Gasteiger partial charge in [0.15, 0.2) is 0 Å². The highest BCUT2D eigenvalue weighted by Gasteiger charge is 2.32. The van der Waals surface area contributed by atoms with Gasteiger partial charge in [-0.05, 0) is 43.9 Å². The highest BCUT2D eigenvalue weighted by atomic mass is 35.5. The Balaban J connectivity index is 2.22. The Morgan fingerprint density at radius 3 is 2.52 bits per heavy atom. The lowest BCUT2D eigenvalue weighted by Crippen LogP contribution is -2.40. The van der Waals surface area contributed by atoms with E-state index >= 15 is 0 Å². The van der Waals surface area contributed by atoms with Gasteiger partial charge in [-0.25, -0.2) is 8.42 Å². The fourth-order valence-electron chi connectivity index (χ4n) is 2.52. The van der Waals surface area contributed by atoms with E-state index in [0.717, 1.165) is 0 Å². The molecule has 1 aromatic carbocycles. The Hall–Kier alpha value is -1.13. The molecule has 2 rings (SSSR count). The summed E-state index contributed by atoms with van der Waals surface area (Å²) in [4.78, 5) is 0.0265. The number of rotatable bonds is 3. The van der Waals surface area contributed by atoms with Crippen LogP contribution >= 0.6 is 11.6 Å². The van der Waals surface area contributed by atoms with Crippen LogP contribution in [0.3, 0.4) is 0 Å². The van der Waals surface area contributed by atoms with E-state index in [1.807, 2.05) is 6.07 Å². The van der Waals surface area contributed by atoms with Crippen molar-refractivity contribution in [1.29, 1.82) is 5.26 Å². The third kappa shape index (κ3) is 3.38. The highest BCUT2D eigenvalue weighted by Crippen LogP contribution is 2.29. The largest absolute Gasteiger partial charge is 0.393 e. The van der Waals surface area contributed by atoms with Gasteiger partial charge in [0.1, 0.15) is 4.90 Å². The van der Waals surface area contributed by atoms with Crippen LogP contribution in [0.1, 0.15) is 25.3 Å². The van der Waals surface area contributed by atoms with Crippen molar-refractivity contribution in [3.63, 3.8) is 0 Å². The standard InChI is InChI=1S/C14H17ClN2O3S/c1-10(18)12-4-6-17(7-5-12)21(19,20)14-3-2-11(9-16)8-13(14)15/h2-3,8,10,12,18H,4-7H2,1H3. The molecule has 1 N–H and O–H groups in total. The molecule has 0 saturated carbocycles. The second kappa shape index (κ2) is 6.32. The predicted octanol–water partition coefficient (Wildman–Crippen LogP) is 1.99. The van der Waals surface area contributed by atoms with Crippen LogP contribution in [0.5, 0.6) is 0 Å². The number of benzene rings is 1. The van der Waals surface area contributed by atoms with Gasteiger partial charge in [0.25, 0.3) is 0 Å². The van der Waals surface area contributed by atoms with Gasteiger partial charge in [0.05, 0.1) is 22.8 Å². The quantitative estimate of drug-likeness (QED) is 0.920. The van der Waals surface area contributed by atoms with E-state index in [1.54, 1.807) is 6.92 Å². The molecular formula is C14H17ClN2O3S. The maximum Gasteiger partial charge on any atom is 0.244 e. The first-order chi connectivity index (χ1) is 9.86. The Kier molecular flexibility index (Phi) is 4.89. The van der Waals surface area contributed by atoms with Crippen molar-refractivity contribution in [3.05, 3.63) is 28.8 Å². The first kappa shape index (κ1) is 16.2. The zero-order valence-corrected chi connectivity index (χ0v) is 13.2. The van der Waals surface area contributed by atoms with Crippen LogP contribution in [0, 0.1) is 17.2 Å². The Labute approximate surface area is 129 Å². The van der Waals surface area contributed by atoms with Crippen molar-refractivity contribution in [2.45, 2.75) is 30.8 Å². The Morgan fingerprint density at radius 1 is 1.43 bits per heavy atom. The predicted molar refractivity (Wildman–Crippen MR) is 79.3 cm³/mol. The topological polar surface area (TPSA) is 81.4 Å². The van der Waals surface area contributed by atoms with Crippen LogP contribution in [-0.4, -0.2) is 37.0 Å². The second-order valence-electron chi connectivity index (χ2n) is 5.24. The van der Waals surface area contributed by atoms with Crippen LogP contribution in [-0.2, 0) is 10.0 Å². The normalized spacial score (nSPS) is 19.1. The minimum Gasteiger partial charge on any atom is -0.393 e. The number of hydrogen-bond acceptors (Lipinski definition) is 4. The van der Waals surface area contributed by atoms with E-state index in [-0.39, 0.29) is 15.8 Å². The summed E-state index contributed by atoms with van der Waals surface area (Å²) in [6.07, 6.45) is 0.837. The fourth-order valence-corrected chi connectivity index (χ4v) is 4.51. The van der Waals surface area contributed by atoms with E-state index in [1.165, 1.54) is 22.5 Å². The van der Waals surface area contributed by atoms with Gasteiger partial charge in [0, 0.05) is 13.1 Å². The molecule has 1 saturated heterocycles. The molecule has 1 aliphatic heterocycles. The summed E-state index contributed by atoms with van der Waals surface area (Å²) in [5, 5.41) is 18.4. The van der Waals surface area contributed by atoms with Crippen molar-refractivity contribution in [1.82, 2.24) is 4.31 Å². The number of halogens is 1. The molecule has 0 aliphatic carbocycles. The van der Waals surface area contributed by atoms with Crippen molar-refractivity contribution < 1.29 is 13.5 Å². The van der Waals surface area contributed by atoms with Crippen LogP contribution in [0.2, 0.25) is 5.02 Å². The molecule has 7 heteroatoms. The summed E-state index contributed by atoms with van der Waals surface area (Å²) < 4.78 is 26.5. The van der Waals surface area contributed by atoms with E-state index in [0.29, 0.717) is 31.5 Å². The fraction of sp³-hybridized carbons (Fsp3) is 0.500. The van der Waals surface area contributed by atoms with Crippen molar-refractivity contribution >= 4 is 21.6 Å². The van der Waals surface area contributed by atoms with E-state index in [4.69, 9.17) is 16.9 Å². The molecule has 0 bridgehead atoms. The molecule has 1 unspecified atom stereocenters. The molecule has 1 fully saturated rings. The van der Waals surface area contributed by atoms with E-state index < -0.39 is 16.1 Å². The molecule has 1 atom stereocenters. The molecule has 0 amide bonds. The Bertz CT molecular complexity index is 659. The Morgan fingerprint density at radius 2 is 2.05 bits per heavy atom. The van der Waals surface area contributed by atoms with Crippen LogP contribution < -0.4 is 0 Å². The number of hydrogen-bond donors (Lipinski definition) is 1. The molecule has 1 aliphatic rings. The van der Waals surface area contributed by atoms with Crippen molar-refractivity contribution in [2.24, 2.45) is 5.92 Å². The average Bonchev–Trinajstić information content (AvgIpc) is 2.46. The number of aliphatic hydroxyl groups is 1. The maximum absolute atomic E-state index is 12.6. The van der Waals surface area contributed by atoms with Gasteiger partial charge < -0.3 is 5.11 Å². The SMILES string of the molecule is CC(O)C1CCN(S(=O)(=O)c2ccc(C#N)cc2Cl)CC1. The number of nitrogens with zero attached hydrogens (tertiary/aromatic N) is 2. The third-order valence-corrected chi connectivity index (χ3v) is 6.24. The zero-order chi connectivity index (χ0) is 15.6. The monoisotopic (exact) mass is 328 g/mol. The first-order valence-corrected chi connectivity index (χ1v) is 8.56. The van der Waals surface area contributed by atoms with Gasteiger partial charge in [0.2, 0.25) is 10.0 Å². The molecule has 5 nitrogen and oxygen atoms in total. The molecule has 114 valence electrons. The molecule has 21 heavy (non-hydrogen) atoms. The summed E-state index contributed by atoms with van der Waals surface area (Å²) in [6, 6.07) is 6.10. The first-order valence-electron chi connectivity index (χ1n) is 6.74. The highest BCUT2D eigenvalue weighted by molar-refractivity contribution is 7.89. The lowest BCUT2D eigenvalue weighted by molar-refractivity contribution is 0.0912. The zero-order valence-electron chi connectivity index (χ0n) is 11.7. The van der Waals surface area contributed by atoms with Gasteiger partial charge in [-0.15, -0.1) is 0 Å².